The molecule has 0 saturated carbocycles. The molecule has 28 heteroatoms. The van der Waals surface area contributed by atoms with Crippen LogP contribution in [0.4, 0.5) is 0 Å². The summed E-state index contributed by atoms with van der Waals surface area (Å²) < 4.78 is 0. The van der Waals surface area contributed by atoms with Crippen LogP contribution in [-0.4, -0.2) is 165 Å². The average molecular weight is 1090 g/mol. The standard InChI is InChI=1S/C49H72N12O16/c1-5-26(4)40(47(75)59-35(24-62)45(73)60-39(25(2)3)46(74)58-34(48(76)77)21-27-10-7-6-8-11-27)61-43(71)32(17-18-37(65)66)56-44(72)33(22-38(67)68)57-42(70)31(12-9-19-53-49(51)52)55-36(64)23-54-41(69)30(50)20-28-13-15-29(63)16-14-28/h6-8,10-11,13-16,25-26,30-35,39-40,62-63H,5,9,12,17-24,50H2,1-4H3,(H,54,69)(H,55,64)(H,56,72)(H,57,70)(H,58,74)(H,59,75)(H,60,73)(H,61,71)(H,65,66)(H,67,68)(H,76,77)(H4,51,52,53)/t26-,30-,31-,32-,33-,34-,35-,39-,40-/m0/s1. The largest absolute Gasteiger partial charge is 0.508 e. The number of phenolic OH excluding ortho intramolecular Hbond substituents is 1. The number of aliphatic imine (C=N–C) groups is 1. The Bertz CT molecular complexity index is 2390. The van der Waals surface area contributed by atoms with Crippen molar-refractivity contribution in [2.45, 2.75) is 127 Å². The summed E-state index contributed by atoms with van der Waals surface area (Å²) in [5, 5.41) is 67.6. The Kier molecular flexibility index (Phi) is 27.6. The fraction of sp³-hybridized carbons (Fsp3) is 0.510. The minimum absolute atomic E-state index is 0.00646. The number of carbonyl (C=O) groups excluding carboxylic acids is 8. The highest BCUT2D eigenvalue weighted by Crippen LogP contribution is 2.14. The Morgan fingerprint density at radius 1 is 0.584 bits per heavy atom. The molecule has 0 spiro atoms. The van der Waals surface area contributed by atoms with Crippen molar-refractivity contribution in [1.82, 2.24) is 42.5 Å². The second-order valence-electron chi connectivity index (χ2n) is 18.4. The third-order valence-electron chi connectivity index (χ3n) is 11.8. The monoisotopic (exact) mass is 1080 g/mol. The van der Waals surface area contributed by atoms with Crippen molar-refractivity contribution in [3.8, 4) is 5.75 Å². The molecule has 424 valence electrons. The number of aliphatic carboxylic acids is 3. The van der Waals surface area contributed by atoms with Crippen LogP contribution in [0.5, 0.6) is 5.75 Å². The van der Waals surface area contributed by atoms with Gasteiger partial charge in [-0.1, -0.05) is 76.6 Å². The number of carboxylic acid groups (broad SMARTS) is 3. The molecular formula is C49H72N12O16. The number of rotatable bonds is 34. The molecule has 19 N–H and O–H groups in total. The highest BCUT2D eigenvalue weighted by molar-refractivity contribution is 5.99. The van der Waals surface area contributed by atoms with Gasteiger partial charge in [0.15, 0.2) is 5.96 Å². The van der Waals surface area contributed by atoms with E-state index in [2.05, 4.69) is 47.5 Å². The number of aliphatic hydroxyl groups is 1. The Balaban J connectivity index is 2.29. The van der Waals surface area contributed by atoms with E-state index >= 15 is 0 Å². The molecular weight excluding hydrogens is 1010 g/mol. The van der Waals surface area contributed by atoms with Crippen molar-refractivity contribution in [2.24, 2.45) is 34.0 Å². The molecule has 0 aliphatic rings. The maximum absolute atomic E-state index is 14.0. The van der Waals surface area contributed by atoms with E-state index in [1.807, 2.05) is 0 Å². The van der Waals surface area contributed by atoms with Crippen molar-refractivity contribution in [2.75, 3.05) is 19.7 Å². The lowest BCUT2D eigenvalue weighted by molar-refractivity contribution is -0.142. The SMILES string of the molecule is CC[C@H](C)[C@H](NC(=O)[C@H](CCC(=O)O)NC(=O)[C@H](CC(=O)O)NC(=O)[C@H](CCCN=C(N)N)NC(=O)CNC(=O)[C@@H](N)Cc1ccc(O)cc1)C(=O)N[C@@H](CO)C(=O)N[C@H](C(=O)N[C@@H](Cc1ccccc1)C(=O)O)C(C)C. The fourth-order valence-corrected chi connectivity index (χ4v) is 7.27. The van der Waals surface area contributed by atoms with Gasteiger partial charge < -0.3 is 85.3 Å². The summed E-state index contributed by atoms with van der Waals surface area (Å²) in [6.45, 7) is 4.50. The first-order valence-electron chi connectivity index (χ1n) is 24.6. The Morgan fingerprint density at radius 2 is 1.10 bits per heavy atom. The van der Waals surface area contributed by atoms with Crippen molar-refractivity contribution in [3.63, 3.8) is 0 Å². The smallest absolute Gasteiger partial charge is 0.326 e. The van der Waals surface area contributed by atoms with Gasteiger partial charge in [0.2, 0.25) is 47.3 Å². The summed E-state index contributed by atoms with van der Waals surface area (Å²) in [6, 6.07) is 1.82. The number of carbonyl (C=O) groups is 11. The lowest BCUT2D eigenvalue weighted by atomic mass is 9.97. The third-order valence-corrected chi connectivity index (χ3v) is 11.8. The zero-order valence-electron chi connectivity index (χ0n) is 43.2. The Hall–Kier alpha value is -8.40. The van der Waals surface area contributed by atoms with Crippen molar-refractivity contribution >= 4 is 71.1 Å². The predicted octanol–water partition coefficient (Wildman–Crippen LogP) is -3.81. The van der Waals surface area contributed by atoms with Gasteiger partial charge in [-0.15, -0.1) is 0 Å². The van der Waals surface area contributed by atoms with E-state index in [-0.39, 0.29) is 50.4 Å². The highest BCUT2D eigenvalue weighted by Gasteiger charge is 2.36. The molecule has 2 aromatic carbocycles. The molecule has 2 rings (SSSR count). The van der Waals surface area contributed by atoms with Crippen LogP contribution in [-0.2, 0) is 65.6 Å². The summed E-state index contributed by atoms with van der Waals surface area (Å²) >= 11 is 0. The fourth-order valence-electron chi connectivity index (χ4n) is 7.27. The topological polar surface area (TPSA) is 476 Å². The highest BCUT2D eigenvalue weighted by atomic mass is 16.4. The Morgan fingerprint density at radius 3 is 1.66 bits per heavy atom. The van der Waals surface area contributed by atoms with Crippen LogP contribution in [0.1, 0.15) is 77.3 Å². The number of guanidine groups is 1. The number of hydrogen-bond acceptors (Lipinski definition) is 15. The van der Waals surface area contributed by atoms with E-state index in [0.29, 0.717) is 11.1 Å². The van der Waals surface area contributed by atoms with E-state index in [1.54, 1.807) is 63.2 Å². The molecule has 0 bridgehead atoms. The molecule has 0 saturated heterocycles. The number of aliphatic hydroxyl groups excluding tert-OH is 1. The zero-order valence-corrected chi connectivity index (χ0v) is 43.2. The van der Waals surface area contributed by atoms with E-state index in [9.17, 15) is 78.3 Å². The first-order valence-corrected chi connectivity index (χ1v) is 24.6. The van der Waals surface area contributed by atoms with Crippen LogP contribution < -0.4 is 59.7 Å². The lowest BCUT2D eigenvalue weighted by Gasteiger charge is -2.29. The number of hydrogen-bond donors (Lipinski definition) is 16. The Labute approximate surface area is 443 Å². The maximum atomic E-state index is 14.0. The van der Waals surface area contributed by atoms with Gasteiger partial charge in [-0.25, -0.2) is 4.79 Å². The molecule has 0 fully saturated rings. The second-order valence-corrected chi connectivity index (χ2v) is 18.4. The molecule has 2 aromatic rings. The quantitative estimate of drug-likeness (QED) is 0.0181. The summed E-state index contributed by atoms with van der Waals surface area (Å²) in [5.41, 5.74) is 18.0. The van der Waals surface area contributed by atoms with Crippen molar-refractivity contribution < 1.29 is 78.3 Å². The molecule has 0 unspecified atom stereocenters. The number of aromatic hydroxyl groups is 1. The molecule has 77 heavy (non-hydrogen) atoms. The summed E-state index contributed by atoms with van der Waals surface area (Å²) in [7, 11) is 0. The molecule has 0 aliphatic carbocycles. The number of nitrogens with two attached hydrogens (primary N) is 3. The van der Waals surface area contributed by atoms with E-state index in [4.69, 9.17) is 17.2 Å². The first kappa shape index (κ1) is 64.7. The van der Waals surface area contributed by atoms with Crippen LogP contribution >= 0.6 is 0 Å². The molecule has 0 radical (unpaired) electrons. The number of nitrogens with zero attached hydrogens (tertiary/aromatic N) is 1. The van der Waals surface area contributed by atoms with Gasteiger partial charge in [0.25, 0.3) is 0 Å². The van der Waals surface area contributed by atoms with Crippen LogP contribution in [0.2, 0.25) is 0 Å². The van der Waals surface area contributed by atoms with E-state index < -0.39 is 158 Å². The lowest BCUT2D eigenvalue weighted by Crippen LogP contribution is -2.62. The molecule has 0 heterocycles. The number of carboxylic acids is 3. The van der Waals surface area contributed by atoms with Crippen molar-refractivity contribution in [3.05, 3.63) is 65.7 Å². The predicted molar refractivity (Wildman–Crippen MR) is 275 cm³/mol. The van der Waals surface area contributed by atoms with Crippen LogP contribution in [0.15, 0.2) is 59.6 Å². The normalized spacial score (nSPS) is 14.4. The van der Waals surface area contributed by atoms with E-state index in [0.717, 1.165) is 0 Å². The number of amides is 8. The molecule has 8 amide bonds. The van der Waals surface area contributed by atoms with Crippen LogP contribution in [0, 0.1) is 11.8 Å². The summed E-state index contributed by atoms with van der Waals surface area (Å²) in [4.78, 5) is 148. The third kappa shape index (κ3) is 23.8. The molecule has 0 aliphatic heterocycles. The zero-order chi connectivity index (χ0) is 57.9. The minimum atomic E-state index is -1.98. The van der Waals surface area contributed by atoms with Gasteiger partial charge >= 0.3 is 17.9 Å². The molecule has 28 nitrogen and oxygen atoms in total. The van der Waals surface area contributed by atoms with Gasteiger partial charge in [-0.05, 0) is 60.8 Å². The second kappa shape index (κ2) is 32.8. The number of phenols is 1. The molecule has 9 atom stereocenters. The maximum Gasteiger partial charge on any atom is 0.326 e. The van der Waals surface area contributed by atoms with Gasteiger partial charge in [0.1, 0.15) is 48.0 Å². The summed E-state index contributed by atoms with van der Waals surface area (Å²) in [6.07, 6.45) is -2.52. The van der Waals surface area contributed by atoms with Crippen LogP contribution in [0.3, 0.4) is 0 Å². The summed E-state index contributed by atoms with van der Waals surface area (Å²) in [5.74, 6) is -14.3. The number of nitrogens with one attached hydrogen (secondary N) is 8. The van der Waals surface area contributed by atoms with E-state index in [1.165, 1.54) is 19.1 Å². The van der Waals surface area contributed by atoms with Gasteiger partial charge in [0.05, 0.1) is 25.6 Å². The van der Waals surface area contributed by atoms with Gasteiger partial charge in [-0.2, -0.15) is 0 Å². The first-order chi connectivity index (χ1) is 36.3. The van der Waals surface area contributed by atoms with Crippen LogP contribution in [0.25, 0.3) is 0 Å². The number of benzene rings is 2. The van der Waals surface area contributed by atoms with Gasteiger partial charge in [0, 0.05) is 19.4 Å². The van der Waals surface area contributed by atoms with Gasteiger partial charge in [-0.3, -0.25) is 52.9 Å². The molecule has 0 aromatic heterocycles. The average Bonchev–Trinajstić information content (AvgIpc) is 3.37. The van der Waals surface area contributed by atoms with Crippen molar-refractivity contribution in [1.29, 1.82) is 0 Å². The minimum Gasteiger partial charge on any atom is -0.508 e.